The molecule has 0 bridgehead atoms. The first-order valence-electron chi connectivity index (χ1n) is 8.14. The molecule has 0 spiro atoms. The van der Waals surface area contributed by atoms with Crippen molar-refractivity contribution in [2.24, 2.45) is 0 Å². The number of aryl methyl sites for hydroxylation is 2. The number of nitrogens with one attached hydrogen (secondary N) is 1. The first-order chi connectivity index (χ1) is 11.5. The molecule has 24 heavy (non-hydrogen) atoms. The van der Waals surface area contributed by atoms with Gasteiger partial charge in [0.05, 0.1) is 0 Å². The van der Waals surface area contributed by atoms with Crippen LogP contribution in [0.2, 0.25) is 0 Å². The molecule has 2 rings (SSSR count). The van der Waals surface area contributed by atoms with Crippen LogP contribution in [0.4, 0.5) is 5.82 Å². The van der Waals surface area contributed by atoms with Crippen molar-refractivity contribution in [3.63, 3.8) is 0 Å². The number of anilines is 1. The van der Waals surface area contributed by atoms with E-state index in [1.807, 2.05) is 31.2 Å². The third-order valence-electron chi connectivity index (χ3n) is 3.62. The van der Waals surface area contributed by atoms with Gasteiger partial charge in [0, 0.05) is 18.2 Å². The highest BCUT2D eigenvalue weighted by molar-refractivity contribution is 5.99. The molecular formula is C18H23N3O3. The summed E-state index contributed by atoms with van der Waals surface area (Å²) < 4.78 is 4.91. The number of carbonyl (C=O) groups is 2. The van der Waals surface area contributed by atoms with E-state index in [0.29, 0.717) is 23.7 Å². The van der Waals surface area contributed by atoms with Gasteiger partial charge in [0.1, 0.15) is 12.3 Å². The lowest BCUT2D eigenvalue weighted by Gasteiger charge is -2.21. The highest BCUT2D eigenvalue weighted by atomic mass is 16.5. The number of carbonyl (C=O) groups excluding carboxylic acids is 2. The third-order valence-corrected chi connectivity index (χ3v) is 3.62. The summed E-state index contributed by atoms with van der Waals surface area (Å²) in [4.78, 5) is 26.3. The zero-order valence-corrected chi connectivity index (χ0v) is 14.3. The average Bonchev–Trinajstić information content (AvgIpc) is 2.98. The van der Waals surface area contributed by atoms with E-state index in [-0.39, 0.29) is 18.4 Å². The van der Waals surface area contributed by atoms with Crippen LogP contribution >= 0.6 is 0 Å². The van der Waals surface area contributed by atoms with Crippen molar-refractivity contribution in [1.29, 1.82) is 0 Å². The van der Waals surface area contributed by atoms with Gasteiger partial charge in [0.2, 0.25) is 5.91 Å². The normalized spacial score (nSPS) is 10.5. The quantitative estimate of drug-likeness (QED) is 0.847. The lowest BCUT2D eigenvalue weighted by atomic mass is 10.1. The van der Waals surface area contributed by atoms with Crippen molar-refractivity contribution in [1.82, 2.24) is 10.1 Å². The predicted molar refractivity (Wildman–Crippen MR) is 91.9 cm³/mol. The molecule has 0 radical (unpaired) electrons. The molecule has 128 valence electrons. The minimum Gasteiger partial charge on any atom is -0.360 e. The van der Waals surface area contributed by atoms with Crippen molar-refractivity contribution < 1.29 is 14.1 Å². The van der Waals surface area contributed by atoms with Crippen molar-refractivity contribution in [2.75, 3.05) is 18.4 Å². The van der Waals surface area contributed by atoms with Crippen LogP contribution in [-0.4, -0.2) is 35.0 Å². The standard InChI is InChI=1S/C18H23N3O3/c1-4-10-21(12-17(22)19-16-11-13(3)24-20-16)18(23)15-8-6-14(5-2)7-9-15/h6-9,11H,4-5,10,12H2,1-3H3,(H,19,20,22). The summed E-state index contributed by atoms with van der Waals surface area (Å²) in [7, 11) is 0. The summed E-state index contributed by atoms with van der Waals surface area (Å²) in [6.45, 7) is 6.28. The largest absolute Gasteiger partial charge is 0.360 e. The molecule has 0 atom stereocenters. The summed E-state index contributed by atoms with van der Waals surface area (Å²) in [6, 6.07) is 9.13. The number of rotatable bonds is 7. The Labute approximate surface area is 141 Å². The van der Waals surface area contributed by atoms with E-state index in [1.165, 1.54) is 5.56 Å². The van der Waals surface area contributed by atoms with E-state index >= 15 is 0 Å². The topological polar surface area (TPSA) is 75.4 Å². The van der Waals surface area contributed by atoms with Gasteiger partial charge in [-0.1, -0.05) is 31.1 Å². The smallest absolute Gasteiger partial charge is 0.254 e. The second kappa shape index (κ2) is 8.29. The molecule has 1 aromatic carbocycles. The Morgan fingerprint density at radius 2 is 1.92 bits per heavy atom. The van der Waals surface area contributed by atoms with Gasteiger partial charge in [-0.25, -0.2) is 0 Å². The fourth-order valence-corrected chi connectivity index (χ4v) is 2.37. The number of amides is 2. The van der Waals surface area contributed by atoms with E-state index in [2.05, 4.69) is 17.4 Å². The average molecular weight is 329 g/mol. The lowest BCUT2D eigenvalue weighted by Crippen LogP contribution is -2.38. The van der Waals surface area contributed by atoms with Gasteiger partial charge in [-0.2, -0.15) is 0 Å². The fraction of sp³-hybridized carbons (Fsp3) is 0.389. The van der Waals surface area contributed by atoms with E-state index < -0.39 is 0 Å². The van der Waals surface area contributed by atoms with Gasteiger partial charge in [-0.15, -0.1) is 0 Å². The Bertz CT molecular complexity index is 692. The monoisotopic (exact) mass is 329 g/mol. The maximum Gasteiger partial charge on any atom is 0.254 e. The molecule has 0 aliphatic rings. The molecule has 2 aromatic rings. The van der Waals surface area contributed by atoms with Gasteiger partial charge in [-0.05, 0) is 37.5 Å². The van der Waals surface area contributed by atoms with Crippen LogP contribution in [0, 0.1) is 6.92 Å². The Morgan fingerprint density at radius 1 is 1.21 bits per heavy atom. The van der Waals surface area contributed by atoms with Gasteiger partial charge >= 0.3 is 0 Å². The minimum atomic E-state index is -0.296. The molecule has 0 saturated heterocycles. The first kappa shape index (κ1) is 17.7. The first-order valence-corrected chi connectivity index (χ1v) is 8.14. The number of aromatic nitrogens is 1. The number of nitrogens with zero attached hydrogens (tertiary/aromatic N) is 2. The van der Waals surface area contributed by atoms with Crippen molar-refractivity contribution in [3.8, 4) is 0 Å². The molecule has 0 fully saturated rings. The SMILES string of the molecule is CCCN(CC(=O)Nc1cc(C)on1)C(=O)c1ccc(CC)cc1. The fourth-order valence-electron chi connectivity index (χ4n) is 2.37. The number of hydrogen-bond acceptors (Lipinski definition) is 4. The number of benzene rings is 1. The van der Waals surface area contributed by atoms with E-state index in [0.717, 1.165) is 12.8 Å². The highest BCUT2D eigenvalue weighted by Gasteiger charge is 2.18. The highest BCUT2D eigenvalue weighted by Crippen LogP contribution is 2.10. The molecule has 6 heteroatoms. The lowest BCUT2D eigenvalue weighted by molar-refractivity contribution is -0.116. The van der Waals surface area contributed by atoms with Gasteiger partial charge in [-0.3, -0.25) is 9.59 Å². The molecule has 6 nitrogen and oxygen atoms in total. The maximum absolute atomic E-state index is 12.6. The van der Waals surface area contributed by atoms with Crippen LogP contribution in [0.25, 0.3) is 0 Å². The predicted octanol–water partition coefficient (Wildman–Crippen LogP) is 3.04. The summed E-state index contributed by atoms with van der Waals surface area (Å²) in [5.41, 5.74) is 1.76. The molecule has 0 saturated carbocycles. The Balaban J connectivity index is 2.03. The molecule has 1 aromatic heterocycles. The molecular weight excluding hydrogens is 306 g/mol. The van der Waals surface area contributed by atoms with Gasteiger partial charge in [0.25, 0.3) is 5.91 Å². The maximum atomic E-state index is 12.6. The van der Waals surface area contributed by atoms with Crippen LogP contribution in [-0.2, 0) is 11.2 Å². The second-order valence-corrected chi connectivity index (χ2v) is 5.65. The molecule has 1 N–H and O–H groups in total. The van der Waals surface area contributed by atoms with Crippen molar-refractivity contribution >= 4 is 17.6 Å². The molecule has 0 aliphatic heterocycles. The Kier molecular flexibility index (Phi) is 6.12. The summed E-state index contributed by atoms with van der Waals surface area (Å²) in [5, 5.41) is 6.36. The molecule has 1 heterocycles. The summed E-state index contributed by atoms with van der Waals surface area (Å²) in [5.74, 6) is 0.526. The van der Waals surface area contributed by atoms with Crippen LogP contribution in [0.5, 0.6) is 0 Å². The van der Waals surface area contributed by atoms with E-state index in [1.54, 1.807) is 17.9 Å². The zero-order chi connectivity index (χ0) is 17.5. The van der Waals surface area contributed by atoms with Crippen molar-refractivity contribution in [3.05, 3.63) is 47.2 Å². The molecule has 0 unspecified atom stereocenters. The molecule has 0 aliphatic carbocycles. The van der Waals surface area contributed by atoms with E-state index in [9.17, 15) is 9.59 Å². The Morgan fingerprint density at radius 3 is 2.46 bits per heavy atom. The van der Waals surface area contributed by atoms with Gasteiger partial charge in [0.15, 0.2) is 5.82 Å². The minimum absolute atomic E-state index is 0.0197. The van der Waals surface area contributed by atoms with Crippen molar-refractivity contribution in [2.45, 2.75) is 33.6 Å². The number of hydrogen-bond donors (Lipinski definition) is 1. The van der Waals surface area contributed by atoms with Crippen LogP contribution < -0.4 is 5.32 Å². The van der Waals surface area contributed by atoms with Crippen LogP contribution in [0.1, 0.15) is 41.9 Å². The zero-order valence-electron chi connectivity index (χ0n) is 14.3. The van der Waals surface area contributed by atoms with Crippen LogP contribution in [0.15, 0.2) is 34.9 Å². The van der Waals surface area contributed by atoms with Crippen LogP contribution in [0.3, 0.4) is 0 Å². The third kappa shape index (κ3) is 4.68. The molecule has 2 amide bonds. The van der Waals surface area contributed by atoms with Gasteiger partial charge < -0.3 is 14.7 Å². The second-order valence-electron chi connectivity index (χ2n) is 5.65. The van der Waals surface area contributed by atoms with E-state index in [4.69, 9.17) is 4.52 Å². The summed E-state index contributed by atoms with van der Waals surface area (Å²) >= 11 is 0. The Hall–Kier alpha value is -2.63. The summed E-state index contributed by atoms with van der Waals surface area (Å²) in [6.07, 6.45) is 1.70.